The van der Waals surface area contributed by atoms with Crippen molar-refractivity contribution in [3.63, 3.8) is 0 Å². The summed E-state index contributed by atoms with van der Waals surface area (Å²) in [7, 11) is 1.59. The molecule has 0 N–H and O–H groups in total. The second-order valence-corrected chi connectivity index (χ2v) is 6.66. The van der Waals surface area contributed by atoms with Crippen molar-refractivity contribution in [3.05, 3.63) is 34.7 Å². The lowest BCUT2D eigenvalue weighted by Gasteiger charge is -2.29. The van der Waals surface area contributed by atoms with Crippen molar-refractivity contribution in [2.45, 2.75) is 19.3 Å². The molecule has 2 fully saturated rings. The van der Waals surface area contributed by atoms with Crippen LogP contribution < -0.4 is 4.74 Å². The van der Waals surface area contributed by atoms with E-state index in [1.807, 2.05) is 24.3 Å². The van der Waals surface area contributed by atoms with Crippen LogP contribution in [-0.2, 0) is 4.79 Å². The Bertz CT molecular complexity index is 638. The van der Waals surface area contributed by atoms with E-state index in [9.17, 15) is 9.59 Å². The lowest BCUT2D eigenvalue weighted by atomic mass is 10.1. The fourth-order valence-corrected chi connectivity index (χ4v) is 3.67. The van der Waals surface area contributed by atoms with E-state index in [-0.39, 0.29) is 11.1 Å². The zero-order chi connectivity index (χ0) is 16.2. The second-order valence-electron chi connectivity index (χ2n) is 5.67. The molecule has 122 valence electrons. The minimum Gasteiger partial charge on any atom is -0.496 e. The Kier molecular flexibility index (Phi) is 5.03. The fraction of sp³-hybridized carbons (Fsp3) is 0.412. The van der Waals surface area contributed by atoms with Crippen molar-refractivity contribution in [2.24, 2.45) is 0 Å². The molecule has 2 saturated heterocycles. The van der Waals surface area contributed by atoms with E-state index in [1.165, 1.54) is 11.3 Å². The van der Waals surface area contributed by atoms with E-state index in [0.29, 0.717) is 17.3 Å². The smallest absolute Gasteiger partial charge is 0.294 e. The van der Waals surface area contributed by atoms with Crippen LogP contribution in [0.1, 0.15) is 24.8 Å². The highest BCUT2D eigenvalue weighted by Crippen LogP contribution is 2.34. The van der Waals surface area contributed by atoms with Gasteiger partial charge >= 0.3 is 0 Å². The normalized spacial score (nSPS) is 21.3. The van der Waals surface area contributed by atoms with Gasteiger partial charge in [-0.15, -0.1) is 0 Å². The van der Waals surface area contributed by atoms with Gasteiger partial charge in [-0.05, 0) is 49.8 Å². The van der Waals surface area contributed by atoms with E-state index in [0.717, 1.165) is 43.3 Å². The molecular weight excluding hydrogens is 312 g/mol. The third kappa shape index (κ3) is 3.59. The molecule has 2 amide bonds. The minimum atomic E-state index is -0.212. The van der Waals surface area contributed by atoms with Gasteiger partial charge in [0.25, 0.3) is 11.1 Å². The first-order valence-corrected chi connectivity index (χ1v) is 8.61. The average Bonchev–Trinajstić information content (AvgIpc) is 2.84. The van der Waals surface area contributed by atoms with E-state index in [2.05, 4.69) is 4.90 Å². The van der Waals surface area contributed by atoms with Gasteiger partial charge in [-0.1, -0.05) is 24.6 Å². The van der Waals surface area contributed by atoms with Crippen LogP contribution in [0.4, 0.5) is 4.79 Å². The molecule has 0 bridgehead atoms. The third-order valence-corrected chi connectivity index (χ3v) is 5.00. The molecule has 1 aromatic rings. The van der Waals surface area contributed by atoms with Crippen LogP contribution in [0, 0.1) is 0 Å². The van der Waals surface area contributed by atoms with Gasteiger partial charge in [0.2, 0.25) is 0 Å². The molecule has 3 rings (SSSR count). The first-order valence-electron chi connectivity index (χ1n) is 7.80. The summed E-state index contributed by atoms with van der Waals surface area (Å²) in [5, 5.41) is -0.193. The zero-order valence-corrected chi connectivity index (χ0v) is 14.0. The Morgan fingerprint density at radius 2 is 1.91 bits per heavy atom. The molecule has 0 saturated carbocycles. The van der Waals surface area contributed by atoms with E-state index in [4.69, 9.17) is 4.74 Å². The molecule has 2 aliphatic rings. The van der Waals surface area contributed by atoms with Crippen molar-refractivity contribution < 1.29 is 14.3 Å². The summed E-state index contributed by atoms with van der Waals surface area (Å²) in [6.07, 6.45) is 5.23. The SMILES string of the molecule is COc1ccccc1/C=C1/SC(=O)N(CN2CCCCC2)C1=O. The summed E-state index contributed by atoms with van der Waals surface area (Å²) in [4.78, 5) is 28.7. The average molecular weight is 332 g/mol. The molecular formula is C17H20N2O3S. The summed E-state index contributed by atoms with van der Waals surface area (Å²) in [5.74, 6) is 0.479. The van der Waals surface area contributed by atoms with Crippen LogP contribution in [0.3, 0.4) is 0 Å². The summed E-state index contributed by atoms with van der Waals surface area (Å²) in [5.41, 5.74) is 0.804. The number of amides is 2. The van der Waals surface area contributed by atoms with Gasteiger partial charge in [0, 0.05) is 5.56 Å². The number of likely N-dealkylation sites (tertiary alicyclic amines) is 1. The molecule has 0 aromatic heterocycles. The molecule has 2 aliphatic heterocycles. The number of carbonyl (C=O) groups excluding carboxylic acids is 2. The number of para-hydroxylation sites is 1. The summed E-state index contributed by atoms with van der Waals surface area (Å²) in [6.45, 7) is 2.30. The quantitative estimate of drug-likeness (QED) is 0.793. The first kappa shape index (κ1) is 16.1. The largest absolute Gasteiger partial charge is 0.496 e. The van der Waals surface area contributed by atoms with Crippen LogP contribution in [0.15, 0.2) is 29.2 Å². The predicted octanol–water partition coefficient (Wildman–Crippen LogP) is 3.17. The van der Waals surface area contributed by atoms with Crippen molar-refractivity contribution in [1.29, 1.82) is 0 Å². The Morgan fingerprint density at radius 3 is 2.65 bits per heavy atom. The number of hydrogen-bond acceptors (Lipinski definition) is 5. The number of imide groups is 1. The lowest BCUT2D eigenvalue weighted by molar-refractivity contribution is -0.124. The maximum Gasteiger partial charge on any atom is 0.294 e. The number of ether oxygens (including phenoxy) is 1. The highest BCUT2D eigenvalue weighted by molar-refractivity contribution is 8.18. The van der Waals surface area contributed by atoms with Crippen LogP contribution in [0.2, 0.25) is 0 Å². The standard InChI is InChI=1S/C17H20N2O3S/c1-22-14-8-4-3-7-13(14)11-15-16(20)19(17(21)23-15)12-18-9-5-2-6-10-18/h3-4,7-8,11H,2,5-6,9-10,12H2,1H3/b15-11+. The Labute approximate surface area is 140 Å². The number of benzene rings is 1. The molecule has 0 spiro atoms. The molecule has 0 aliphatic carbocycles. The van der Waals surface area contributed by atoms with Crippen LogP contribution in [-0.4, -0.2) is 47.8 Å². The number of carbonyl (C=O) groups is 2. The van der Waals surface area contributed by atoms with E-state index in [1.54, 1.807) is 13.2 Å². The summed E-state index contributed by atoms with van der Waals surface area (Å²) >= 11 is 1.00. The van der Waals surface area contributed by atoms with Crippen molar-refractivity contribution in [2.75, 3.05) is 26.9 Å². The van der Waals surface area contributed by atoms with Gasteiger partial charge < -0.3 is 4.74 Å². The van der Waals surface area contributed by atoms with Gasteiger partial charge in [0.15, 0.2) is 0 Å². The molecule has 2 heterocycles. The van der Waals surface area contributed by atoms with Gasteiger partial charge in [-0.2, -0.15) is 0 Å². The zero-order valence-electron chi connectivity index (χ0n) is 13.2. The maximum absolute atomic E-state index is 12.5. The predicted molar refractivity (Wildman–Crippen MR) is 91.1 cm³/mol. The first-order chi connectivity index (χ1) is 11.2. The monoisotopic (exact) mass is 332 g/mol. The third-order valence-electron chi connectivity index (χ3n) is 4.09. The molecule has 5 nitrogen and oxygen atoms in total. The topological polar surface area (TPSA) is 49.9 Å². The van der Waals surface area contributed by atoms with E-state index < -0.39 is 0 Å². The van der Waals surface area contributed by atoms with Gasteiger partial charge in [0.05, 0.1) is 18.7 Å². The Hall–Kier alpha value is -1.79. The molecule has 23 heavy (non-hydrogen) atoms. The lowest BCUT2D eigenvalue weighted by Crippen LogP contribution is -2.42. The second kappa shape index (κ2) is 7.19. The molecule has 0 atom stereocenters. The highest BCUT2D eigenvalue weighted by atomic mass is 32.2. The molecule has 1 aromatic carbocycles. The number of rotatable bonds is 4. The van der Waals surface area contributed by atoms with Gasteiger partial charge in [-0.25, -0.2) is 0 Å². The summed E-state index contributed by atoms with van der Waals surface area (Å²) < 4.78 is 5.29. The number of methoxy groups -OCH3 is 1. The number of hydrogen-bond donors (Lipinski definition) is 0. The highest BCUT2D eigenvalue weighted by Gasteiger charge is 2.36. The Morgan fingerprint density at radius 1 is 1.17 bits per heavy atom. The van der Waals surface area contributed by atoms with Crippen LogP contribution in [0.5, 0.6) is 5.75 Å². The number of thioether (sulfide) groups is 1. The van der Waals surface area contributed by atoms with Crippen LogP contribution >= 0.6 is 11.8 Å². The van der Waals surface area contributed by atoms with Crippen molar-refractivity contribution >= 4 is 29.0 Å². The van der Waals surface area contributed by atoms with Crippen molar-refractivity contribution in [1.82, 2.24) is 9.80 Å². The molecule has 6 heteroatoms. The molecule has 0 radical (unpaired) electrons. The maximum atomic E-state index is 12.5. The minimum absolute atomic E-state index is 0.193. The van der Waals surface area contributed by atoms with Gasteiger partial charge in [0.1, 0.15) is 5.75 Å². The van der Waals surface area contributed by atoms with Crippen molar-refractivity contribution in [3.8, 4) is 5.75 Å². The Balaban J connectivity index is 1.76. The molecule has 0 unspecified atom stereocenters. The van der Waals surface area contributed by atoms with Crippen LogP contribution in [0.25, 0.3) is 6.08 Å². The van der Waals surface area contributed by atoms with E-state index >= 15 is 0 Å². The summed E-state index contributed by atoms with van der Waals surface area (Å²) in [6, 6.07) is 7.46. The number of piperidine rings is 1. The number of nitrogens with zero attached hydrogens (tertiary/aromatic N) is 2. The fourth-order valence-electron chi connectivity index (χ4n) is 2.85. The van der Waals surface area contributed by atoms with Gasteiger partial charge in [-0.3, -0.25) is 19.4 Å².